The maximum Gasteiger partial charge on any atom is 0.236 e. The van der Waals surface area contributed by atoms with E-state index >= 15 is 0 Å². The van der Waals surface area contributed by atoms with Crippen LogP contribution in [0.3, 0.4) is 0 Å². The Labute approximate surface area is 108 Å². The second kappa shape index (κ2) is 5.55. The van der Waals surface area contributed by atoms with Gasteiger partial charge in [0.05, 0.1) is 19.3 Å². The van der Waals surface area contributed by atoms with Gasteiger partial charge in [-0.25, -0.2) is 0 Å². The number of hydrogen-bond donors (Lipinski definition) is 1. The van der Waals surface area contributed by atoms with Crippen molar-refractivity contribution in [2.45, 2.75) is 31.4 Å². The van der Waals surface area contributed by atoms with E-state index in [1.54, 1.807) is 0 Å². The molecular formula is C13H23N3O2. The second-order valence-electron chi connectivity index (χ2n) is 5.61. The first-order valence-electron chi connectivity index (χ1n) is 7.18. The highest BCUT2D eigenvalue weighted by Gasteiger charge is 2.36. The number of rotatable bonds is 2. The summed E-state index contributed by atoms with van der Waals surface area (Å²) in [5.74, 6) is 0.299. The van der Waals surface area contributed by atoms with Crippen molar-refractivity contribution < 1.29 is 9.53 Å². The Hall–Kier alpha value is -0.650. The molecule has 3 aliphatic rings. The quantitative estimate of drug-likeness (QED) is 0.732. The smallest absolute Gasteiger partial charge is 0.236 e. The zero-order valence-corrected chi connectivity index (χ0v) is 10.9. The second-order valence-corrected chi connectivity index (χ2v) is 5.61. The fourth-order valence-corrected chi connectivity index (χ4v) is 3.24. The van der Waals surface area contributed by atoms with Gasteiger partial charge in [-0.1, -0.05) is 0 Å². The average molecular weight is 253 g/mol. The van der Waals surface area contributed by atoms with Gasteiger partial charge in [0.2, 0.25) is 5.91 Å². The van der Waals surface area contributed by atoms with E-state index in [0.29, 0.717) is 18.5 Å². The number of morpholine rings is 1. The third-order valence-electron chi connectivity index (χ3n) is 4.25. The van der Waals surface area contributed by atoms with Gasteiger partial charge in [-0.2, -0.15) is 0 Å². The van der Waals surface area contributed by atoms with Crippen LogP contribution in [-0.2, 0) is 9.53 Å². The van der Waals surface area contributed by atoms with Crippen molar-refractivity contribution in [1.29, 1.82) is 0 Å². The first-order chi connectivity index (χ1) is 8.83. The third kappa shape index (κ3) is 2.68. The molecule has 3 saturated heterocycles. The van der Waals surface area contributed by atoms with E-state index in [-0.39, 0.29) is 6.10 Å². The molecular weight excluding hydrogens is 230 g/mol. The SMILES string of the molecule is O=C(CN1C[C@@H]2NCCO[C@H]2C1)N1CCCCC1. The van der Waals surface area contributed by atoms with Gasteiger partial charge < -0.3 is 15.0 Å². The van der Waals surface area contributed by atoms with Crippen LogP contribution in [0.15, 0.2) is 0 Å². The lowest BCUT2D eigenvalue weighted by atomic mass is 10.1. The fraction of sp³-hybridized carbons (Fsp3) is 0.923. The molecule has 0 aliphatic carbocycles. The van der Waals surface area contributed by atoms with Gasteiger partial charge in [0, 0.05) is 38.8 Å². The van der Waals surface area contributed by atoms with Gasteiger partial charge >= 0.3 is 0 Å². The van der Waals surface area contributed by atoms with E-state index in [0.717, 1.165) is 39.3 Å². The fourth-order valence-electron chi connectivity index (χ4n) is 3.24. The van der Waals surface area contributed by atoms with Crippen LogP contribution in [0.25, 0.3) is 0 Å². The summed E-state index contributed by atoms with van der Waals surface area (Å²) < 4.78 is 5.73. The molecule has 0 bridgehead atoms. The number of amides is 1. The highest BCUT2D eigenvalue weighted by Crippen LogP contribution is 2.17. The van der Waals surface area contributed by atoms with Crippen molar-refractivity contribution in [2.24, 2.45) is 0 Å². The zero-order chi connectivity index (χ0) is 12.4. The molecule has 0 radical (unpaired) electrons. The van der Waals surface area contributed by atoms with Gasteiger partial charge in [0.25, 0.3) is 0 Å². The lowest BCUT2D eigenvalue weighted by Crippen LogP contribution is -2.47. The highest BCUT2D eigenvalue weighted by molar-refractivity contribution is 5.78. The number of carbonyl (C=O) groups excluding carboxylic acids is 1. The lowest BCUT2D eigenvalue weighted by molar-refractivity contribution is -0.133. The topological polar surface area (TPSA) is 44.8 Å². The summed E-state index contributed by atoms with van der Waals surface area (Å²) >= 11 is 0. The molecule has 3 fully saturated rings. The molecule has 0 saturated carbocycles. The van der Waals surface area contributed by atoms with Crippen molar-refractivity contribution in [1.82, 2.24) is 15.1 Å². The summed E-state index contributed by atoms with van der Waals surface area (Å²) in [7, 11) is 0. The molecule has 0 aromatic heterocycles. The molecule has 5 heteroatoms. The van der Waals surface area contributed by atoms with E-state index in [1.807, 2.05) is 4.90 Å². The maximum absolute atomic E-state index is 12.2. The number of fused-ring (bicyclic) bond motifs is 1. The van der Waals surface area contributed by atoms with Crippen molar-refractivity contribution in [3.05, 3.63) is 0 Å². The van der Waals surface area contributed by atoms with Crippen LogP contribution in [0.1, 0.15) is 19.3 Å². The number of nitrogens with one attached hydrogen (secondary N) is 1. The number of likely N-dealkylation sites (tertiary alicyclic amines) is 2. The Bertz CT molecular complexity index is 291. The Balaban J connectivity index is 1.49. The summed E-state index contributed by atoms with van der Waals surface area (Å²) in [6.45, 7) is 6.06. The summed E-state index contributed by atoms with van der Waals surface area (Å²) in [5.41, 5.74) is 0. The first kappa shape index (κ1) is 12.4. The van der Waals surface area contributed by atoms with E-state index < -0.39 is 0 Å². The van der Waals surface area contributed by atoms with Crippen molar-refractivity contribution in [3.63, 3.8) is 0 Å². The Kier molecular flexibility index (Phi) is 3.82. The molecule has 0 spiro atoms. The van der Waals surface area contributed by atoms with Crippen LogP contribution in [0, 0.1) is 0 Å². The molecule has 102 valence electrons. The van der Waals surface area contributed by atoms with Gasteiger partial charge in [-0.05, 0) is 19.3 Å². The predicted octanol–water partition coefficient (Wildman–Crippen LogP) is -0.328. The summed E-state index contributed by atoms with van der Waals surface area (Å²) in [5, 5.41) is 3.47. The minimum absolute atomic E-state index is 0.285. The molecule has 3 aliphatic heterocycles. The third-order valence-corrected chi connectivity index (χ3v) is 4.25. The first-order valence-corrected chi connectivity index (χ1v) is 7.18. The largest absolute Gasteiger partial charge is 0.374 e. The molecule has 0 aromatic carbocycles. The highest BCUT2D eigenvalue weighted by atomic mass is 16.5. The molecule has 0 aromatic rings. The van der Waals surface area contributed by atoms with Crippen molar-refractivity contribution in [2.75, 3.05) is 45.9 Å². The van der Waals surface area contributed by atoms with Gasteiger partial charge in [-0.3, -0.25) is 9.69 Å². The number of nitrogens with zero attached hydrogens (tertiary/aromatic N) is 2. The number of carbonyl (C=O) groups is 1. The van der Waals surface area contributed by atoms with Gasteiger partial charge in [0.15, 0.2) is 0 Å². The minimum atomic E-state index is 0.285. The number of piperidine rings is 1. The van der Waals surface area contributed by atoms with Crippen LogP contribution in [-0.4, -0.2) is 73.7 Å². The number of ether oxygens (including phenoxy) is 1. The molecule has 3 rings (SSSR count). The van der Waals surface area contributed by atoms with Crippen molar-refractivity contribution in [3.8, 4) is 0 Å². The standard InChI is InChI=1S/C13H23N3O2/c17-13(16-5-2-1-3-6-16)10-15-8-11-12(9-15)18-7-4-14-11/h11-12,14H,1-10H2/t11-,12-/m0/s1. The predicted molar refractivity (Wildman–Crippen MR) is 68.4 cm³/mol. The molecule has 0 unspecified atom stereocenters. The maximum atomic E-state index is 12.2. The van der Waals surface area contributed by atoms with Crippen LogP contribution in [0.5, 0.6) is 0 Å². The summed E-state index contributed by atoms with van der Waals surface area (Å²) in [4.78, 5) is 16.5. The monoisotopic (exact) mass is 253 g/mol. The van der Waals surface area contributed by atoms with E-state index in [2.05, 4.69) is 10.2 Å². The average Bonchev–Trinajstić information content (AvgIpc) is 2.82. The molecule has 1 N–H and O–H groups in total. The number of hydrogen-bond acceptors (Lipinski definition) is 4. The molecule has 2 atom stereocenters. The molecule has 5 nitrogen and oxygen atoms in total. The minimum Gasteiger partial charge on any atom is -0.374 e. The Morgan fingerprint density at radius 3 is 2.83 bits per heavy atom. The van der Waals surface area contributed by atoms with Crippen molar-refractivity contribution >= 4 is 5.91 Å². The zero-order valence-electron chi connectivity index (χ0n) is 10.9. The van der Waals surface area contributed by atoms with Crippen LogP contribution >= 0.6 is 0 Å². The van der Waals surface area contributed by atoms with E-state index in [4.69, 9.17) is 4.74 Å². The van der Waals surface area contributed by atoms with Crippen LogP contribution < -0.4 is 5.32 Å². The lowest BCUT2D eigenvalue weighted by Gasteiger charge is -2.28. The van der Waals surface area contributed by atoms with E-state index in [1.165, 1.54) is 19.3 Å². The van der Waals surface area contributed by atoms with Crippen LogP contribution in [0.2, 0.25) is 0 Å². The Morgan fingerprint density at radius 2 is 2.06 bits per heavy atom. The molecule has 18 heavy (non-hydrogen) atoms. The molecule has 3 heterocycles. The van der Waals surface area contributed by atoms with Crippen LogP contribution in [0.4, 0.5) is 0 Å². The Morgan fingerprint density at radius 1 is 1.22 bits per heavy atom. The van der Waals surface area contributed by atoms with Gasteiger partial charge in [-0.15, -0.1) is 0 Å². The van der Waals surface area contributed by atoms with Gasteiger partial charge in [0.1, 0.15) is 0 Å². The summed E-state index contributed by atoms with van der Waals surface area (Å²) in [6.07, 6.45) is 3.89. The molecule has 1 amide bonds. The van der Waals surface area contributed by atoms with E-state index in [9.17, 15) is 4.79 Å². The summed E-state index contributed by atoms with van der Waals surface area (Å²) in [6, 6.07) is 0.424. The normalized spacial score (nSPS) is 33.4.